The number of anilines is 6. The molecule has 0 atom stereocenters. The highest BCUT2D eigenvalue weighted by atomic mass is 32.2. The molecule has 0 saturated heterocycles. The molecule has 0 aliphatic heterocycles. The second kappa shape index (κ2) is 40.4. The summed E-state index contributed by atoms with van der Waals surface area (Å²) in [5.74, 6) is -0.438. The lowest BCUT2D eigenvalue weighted by Crippen LogP contribution is -2.25. The maximum Gasteiger partial charge on any atom is 0.263 e. The van der Waals surface area contributed by atoms with Gasteiger partial charge in [-0.05, 0) is 220 Å². The van der Waals surface area contributed by atoms with E-state index in [0.29, 0.717) is 114 Å². The zero-order valence-corrected chi connectivity index (χ0v) is 79.2. The topological polar surface area (TPSA) is 558 Å². The van der Waals surface area contributed by atoms with E-state index in [4.69, 9.17) is 34.4 Å². The number of sulfone groups is 1. The van der Waals surface area contributed by atoms with Gasteiger partial charge in [-0.3, -0.25) is 43.7 Å². The summed E-state index contributed by atoms with van der Waals surface area (Å²) in [7, 11) is -3.24. The van der Waals surface area contributed by atoms with E-state index >= 15 is 0 Å². The van der Waals surface area contributed by atoms with Crippen LogP contribution >= 0.6 is 68.0 Å². The molecule has 18 N–H and O–H groups in total. The van der Waals surface area contributed by atoms with Gasteiger partial charge >= 0.3 is 0 Å². The average molecular weight is 1880 g/mol. The minimum Gasteiger partial charge on any atom is -0.397 e. The number of pyridine rings is 3. The Bertz CT molecular complexity index is 7030. The lowest BCUT2D eigenvalue weighted by molar-refractivity contribution is 0.0947. The number of amides is 6. The van der Waals surface area contributed by atoms with E-state index in [0.717, 1.165) is 163 Å². The first-order chi connectivity index (χ1) is 62.0. The first-order valence-electron chi connectivity index (χ1n) is 40.8. The third-order valence-corrected chi connectivity index (χ3v) is 29.4. The highest BCUT2D eigenvalue weighted by molar-refractivity contribution is 7.90. The van der Waals surface area contributed by atoms with E-state index in [1.54, 1.807) is 36.9 Å². The number of aromatic nitrogens is 15. The second-order valence-electron chi connectivity index (χ2n) is 31.1. The Balaban J connectivity index is 0.000000133. The molecule has 0 radical (unpaired) electrons. The molecule has 6 amide bonds. The molecule has 1 aromatic carbocycles. The number of benzene rings is 1. The Morgan fingerprint density at radius 1 is 0.346 bits per heavy atom. The smallest absolute Gasteiger partial charge is 0.263 e. The quantitative estimate of drug-likeness (QED) is 0.0379. The van der Waals surface area contributed by atoms with Crippen molar-refractivity contribution >= 4 is 209 Å². The van der Waals surface area contributed by atoms with Gasteiger partial charge in [0, 0.05) is 101 Å². The molecular formula is C88H95N27O8S7. The summed E-state index contributed by atoms with van der Waals surface area (Å²) in [4.78, 5) is 93.4. The van der Waals surface area contributed by atoms with Crippen LogP contribution in [0.2, 0.25) is 0 Å². The number of nitrogens with zero attached hydrogens (tertiary/aromatic N) is 15. The summed E-state index contributed by atoms with van der Waals surface area (Å²) in [6.45, 7) is 27.0. The molecule has 15 aromatic heterocycles. The number of hydrogen-bond acceptors (Lipinski definition) is 35. The number of carbonyl (C=O) groups is 6. The second-order valence-corrected chi connectivity index (χ2v) is 39.2. The lowest BCUT2D eigenvalue weighted by Gasteiger charge is -2.06. The number of nitrogens with one attached hydrogen (secondary N) is 6. The molecule has 672 valence electrons. The zero-order valence-electron chi connectivity index (χ0n) is 73.5. The largest absolute Gasteiger partial charge is 0.397 e. The SMILES string of the molecule is Cc1cc(CNC(=O)c2sc3nnc(C)c(C)c3c2N)ccn1.Cc1nnc2sc(C(=O)NC3CC3)c(N)c2c1C.Cc1nnc2sc(C(=O)NCC3CC3)c(N)c2c1C.Cc1nnc2sc(C(=O)NCc3ccc(S(C)(=O)=O)cc3)c(N)c2c1C.Cc1nnc2sc(C(=O)NCc3ccccn3)c(N)c2c1C.Cc1nnc2sc(C(=O)NCc3ccncc3)c(N)c2c1C. The highest BCUT2D eigenvalue weighted by Gasteiger charge is 2.30. The molecule has 2 saturated carbocycles. The fourth-order valence-corrected chi connectivity index (χ4v) is 19.9. The minimum atomic E-state index is -3.24. The predicted octanol–water partition coefficient (Wildman–Crippen LogP) is 13.0. The van der Waals surface area contributed by atoms with Gasteiger partial charge in [0.15, 0.2) is 9.84 Å². The van der Waals surface area contributed by atoms with Crippen LogP contribution < -0.4 is 66.3 Å². The van der Waals surface area contributed by atoms with Gasteiger partial charge in [-0.2, -0.15) is 30.6 Å². The molecule has 2 fully saturated rings. The molecule has 15 heterocycles. The number of fused-ring (bicyclic) bond motifs is 6. The van der Waals surface area contributed by atoms with Crippen LogP contribution in [0.4, 0.5) is 34.1 Å². The number of rotatable bonds is 18. The van der Waals surface area contributed by atoms with Crippen molar-refractivity contribution < 1.29 is 37.2 Å². The van der Waals surface area contributed by atoms with Crippen LogP contribution in [0.25, 0.3) is 61.3 Å². The maximum absolute atomic E-state index is 12.5. The fraction of sp³-hybridized carbons (Fsp3) is 0.284. The average Bonchev–Trinajstić information content (AvgIpc) is 1.67. The van der Waals surface area contributed by atoms with Crippen molar-refractivity contribution in [2.75, 3.05) is 47.2 Å². The molecule has 2 aliphatic carbocycles. The number of thiophene rings is 6. The minimum absolute atomic E-state index is 0.0879. The van der Waals surface area contributed by atoms with Gasteiger partial charge in [-0.1, -0.05) is 18.2 Å². The summed E-state index contributed by atoms with van der Waals surface area (Å²) < 4.78 is 23.0. The molecule has 2 aliphatic rings. The molecule has 0 bridgehead atoms. The number of carbonyl (C=O) groups excluding carboxylic acids is 6. The third kappa shape index (κ3) is 21.6. The fourth-order valence-electron chi connectivity index (χ4n) is 13.2. The van der Waals surface area contributed by atoms with E-state index in [1.165, 1.54) is 93.0 Å². The zero-order chi connectivity index (χ0) is 93.4. The van der Waals surface area contributed by atoms with E-state index in [1.807, 2.05) is 132 Å². The van der Waals surface area contributed by atoms with Crippen LogP contribution in [0.15, 0.2) is 96.4 Å². The molecule has 16 aromatic rings. The van der Waals surface area contributed by atoms with E-state index < -0.39 is 9.84 Å². The summed E-state index contributed by atoms with van der Waals surface area (Å²) in [6.07, 6.45) is 12.5. The Labute approximate surface area is 770 Å². The number of hydrogen-bond donors (Lipinski definition) is 12. The van der Waals surface area contributed by atoms with Crippen molar-refractivity contribution in [2.45, 2.75) is 153 Å². The molecular weight excluding hydrogens is 1790 g/mol. The van der Waals surface area contributed by atoms with E-state index in [2.05, 4.69) is 108 Å². The van der Waals surface area contributed by atoms with E-state index in [9.17, 15) is 37.2 Å². The summed E-state index contributed by atoms with van der Waals surface area (Å²) >= 11 is 7.63. The predicted molar refractivity (Wildman–Crippen MR) is 515 cm³/mol. The number of nitrogens with two attached hydrogens (primary N) is 6. The molecule has 130 heavy (non-hydrogen) atoms. The van der Waals surface area contributed by atoms with Gasteiger partial charge in [-0.15, -0.1) is 98.6 Å². The van der Waals surface area contributed by atoms with E-state index in [-0.39, 0.29) is 46.9 Å². The van der Waals surface area contributed by atoms with Crippen molar-refractivity contribution in [1.82, 2.24) is 108 Å². The van der Waals surface area contributed by atoms with Crippen LogP contribution in [-0.4, -0.2) is 139 Å². The van der Waals surface area contributed by atoms with Crippen LogP contribution in [0.1, 0.15) is 179 Å². The van der Waals surface area contributed by atoms with Crippen LogP contribution in [0.3, 0.4) is 0 Å². The molecule has 18 rings (SSSR count). The first kappa shape index (κ1) is 94.1. The van der Waals surface area contributed by atoms with Gasteiger partial charge in [0.05, 0.1) is 85.4 Å². The molecule has 42 heteroatoms. The summed E-state index contributed by atoms with van der Waals surface area (Å²) in [5, 5.41) is 71.4. The van der Waals surface area contributed by atoms with Crippen LogP contribution in [-0.2, 0) is 36.0 Å². The Morgan fingerprint density at radius 2 is 0.654 bits per heavy atom. The van der Waals surface area contributed by atoms with Crippen molar-refractivity contribution in [1.29, 1.82) is 0 Å². The van der Waals surface area contributed by atoms with Gasteiger partial charge in [0.2, 0.25) is 0 Å². The Morgan fingerprint density at radius 3 is 0.962 bits per heavy atom. The van der Waals surface area contributed by atoms with Gasteiger partial charge < -0.3 is 66.3 Å². The molecule has 0 unspecified atom stereocenters. The lowest BCUT2D eigenvalue weighted by atomic mass is 10.1. The summed E-state index contributed by atoms with van der Waals surface area (Å²) in [6, 6.07) is 19.8. The van der Waals surface area contributed by atoms with Crippen LogP contribution in [0, 0.1) is 95.9 Å². The van der Waals surface area contributed by atoms with Crippen LogP contribution in [0.5, 0.6) is 0 Å². The monoisotopic (exact) mass is 1880 g/mol. The summed E-state index contributed by atoms with van der Waals surface area (Å²) in [5.41, 5.74) is 54.9. The van der Waals surface area contributed by atoms with Gasteiger partial charge in [0.1, 0.15) is 58.2 Å². The molecule has 35 nitrogen and oxygen atoms in total. The van der Waals surface area contributed by atoms with Crippen molar-refractivity contribution in [3.8, 4) is 0 Å². The highest BCUT2D eigenvalue weighted by Crippen LogP contribution is 2.41. The van der Waals surface area contributed by atoms with Gasteiger partial charge in [0.25, 0.3) is 35.4 Å². The standard InChI is InChI=1S/C17H18N4O3S2.C16H17N5OS.2C15H15N5OS.C13H16N4OS.C12H14N4OS/c1-9-10(2)20-21-17-13(9)14(18)15(25-17)16(22)19-8-11-4-6-12(7-5-11)26(3,23)24;1-8-6-11(4-5-18-8)7-19-15(22)14-13(17)12-9(2)10(3)20-21-16(12)23-14;1-8-9(2)19-20-15-11(8)12(16)13(22-15)14(21)18-7-10-3-5-17-6-4-10;1-8-9(2)19-20-15-11(8)12(16)13(22-15)14(21)18-7-10-5-3-4-6-17-10;1-6-7(2)16-17-13-9(6)10(14)11(19-13)12(18)15-5-8-3-4-8;1-5-6(2)15-16-12-8(5)9(13)10(18-12)11(17)14-7-3-4-7/h4-7H,8,18H2,1-3H3,(H,19,22);4-6H,7,17H2,1-3H3,(H,19,22);2*3-6H,7,16H2,1-2H3,(H,18,21);8H,3-5,14H2,1-2H3,(H,15,18);7H,3-4,13H2,1-2H3,(H,14,17). The number of aryl methyl sites for hydroxylation is 13. The Hall–Kier alpha value is -13.5. The van der Waals surface area contributed by atoms with Gasteiger partial charge in [-0.25, -0.2) is 8.42 Å². The normalized spacial score (nSPS) is 12.2. The maximum atomic E-state index is 12.5. The van der Waals surface area contributed by atoms with Crippen molar-refractivity contribution in [3.05, 3.63) is 216 Å². The number of nitrogen functional groups attached to an aromatic ring is 6. The first-order valence-corrected chi connectivity index (χ1v) is 47.6. The van der Waals surface area contributed by atoms with Crippen molar-refractivity contribution in [2.24, 2.45) is 5.92 Å². The van der Waals surface area contributed by atoms with Crippen molar-refractivity contribution in [3.63, 3.8) is 0 Å². The Kier molecular flexibility index (Phi) is 29.3. The molecule has 0 spiro atoms. The third-order valence-electron chi connectivity index (χ3n) is 21.8.